The Labute approximate surface area is 306 Å². The smallest absolute Gasteiger partial charge is 0.0788 e. The van der Waals surface area contributed by atoms with Crippen LogP contribution in [0.2, 0.25) is 0 Å². The molecular formula is C50H33N3. The van der Waals surface area contributed by atoms with E-state index in [1.807, 2.05) is 0 Å². The maximum Gasteiger partial charge on any atom is 0.0788 e. The van der Waals surface area contributed by atoms with E-state index in [0.717, 1.165) is 17.1 Å². The topological polar surface area (TPSA) is 14.8 Å². The molecule has 8 aromatic carbocycles. The normalized spacial score (nSPS) is 11.8. The second-order valence-electron chi connectivity index (χ2n) is 13.8. The first-order valence-corrected chi connectivity index (χ1v) is 18.2. The molecule has 11 rings (SSSR count). The second kappa shape index (κ2) is 11.7. The first-order chi connectivity index (χ1) is 26.3. The number of fused-ring (bicyclic) bond motifs is 8. The van der Waals surface area contributed by atoms with Crippen LogP contribution in [0.3, 0.4) is 0 Å². The average Bonchev–Trinajstić information content (AvgIpc) is 3.90. The van der Waals surface area contributed by atoms with Crippen LogP contribution in [-0.2, 0) is 0 Å². The fraction of sp³-hybridized carbons (Fsp3) is 0. The predicted octanol–water partition coefficient (Wildman–Crippen LogP) is 13.2. The van der Waals surface area contributed by atoms with Crippen LogP contribution in [0.4, 0.5) is 0 Å². The van der Waals surface area contributed by atoms with Gasteiger partial charge in [0, 0.05) is 55.8 Å². The third-order valence-electron chi connectivity index (χ3n) is 10.8. The minimum atomic E-state index is 1.12. The van der Waals surface area contributed by atoms with Crippen molar-refractivity contribution in [2.75, 3.05) is 0 Å². The van der Waals surface area contributed by atoms with Gasteiger partial charge in [0.15, 0.2) is 0 Å². The van der Waals surface area contributed by atoms with Gasteiger partial charge in [-0.3, -0.25) is 0 Å². The summed E-state index contributed by atoms with van der Waals surface area (Å²) in [4.78, 5) is 0. The lowest BCUT2D eigenvalue weighted by molar-refractivity contribution is 1.11. The lowest BCUT2D eigenvalue weighted by atomic mass is 10.0. The summed E-state index contributed by atoms with van der Waals surface area (Å²) in [5.74, 6) is 0. The fourth-order valence-corrected chi connectivity index (χ4v) is 8.51. The Morgan fingerprint density at radius 3 is 1.57 bits per heavy atom. The van der Waals surface area contributed by atoms with Crippen molar-refractivity contribution in [2.45, 2.75) is 0 Å². The Hall–Kier alpha value is -7.10. The summed E-state index contributed by atoms with van der Waals surface area (Å²) in [5, 5.41) is 6.20. The molecule has 0 N–H and O–H groups in total. The van der Waals surface area contributed by atoms with Crippen LogP contribution in [0.5, 0.6) is 0 Å². The van der Waals surface area contributed by atoms with E-state index in [0.29, 0.717) is 0 Å². The first kappa shape index (κ1) is 29.6. The van der Waals surface area contributed by atoms with Crippen LogP contribution in [0.1, 0.15) is 0 Å². The molecule has 0 amide bonds. The summed E-state index contributed by atoms with van der Waals surface area (Å²) in [6.45, 7) is 0. The largest absolute Gasteiger partial charge is 0.314 e. The van der Waals surface area contributed by atoms with E-state index in [1.165, 1.54) is 76.8 Å². The molecule has 0 fully saturated rings. The zero-order valence-electron chi connectivity index (χ0n) is 28.9. The standard InChI is InChI=1S/C50H33N3/c1-4-15-34(16-5-1)36-27-30-48-44(31-36)41-24-11-12-25-46(41)52(48)38-21-14-22-39(32-38)53-47-26-13-10-23-40(47)42-28-29-43-45(35-17-6-2-7-18-35)33-51(49(43)50(42)53)37-19-8-3-9-20-37/h1-33H. The number of hydrogen-bond donors (Lipinski definition) is 0. The monoisotopic (exact) mass is 675 g/mol. The number of hydrogen-bond acceptors (Lipinski definition) is 0. The molecule has 0 unspecified atom stereocenters. The van der Waals surface area contributed by atoms with Crippen LogP contribution in [0.25, 0.3) is 93.8 Å². The summed E-state index contributed by atoms with van der Waals surface area (Å²) in [7, 11) is 0. The Morgan fingerprint density at radius 2 is 0.830 bits per heavy atom. The molecule has 0 aliphatic heterocycles. The second-order valence-corrected chi connectivity index (χ2v) is 13.8. The molecule has 3 heteroatoms. The summed E-state index contributed by atoms with van der Waals surface area (Å²) in [5.41, 5.74) is 14.2. The lowest BCUT2D eigenvalue weighted by Crippen LogP contribution is -2.00. The number of benzene rings is 8. The summed E-state index contributed by atoms with van der Waals surface area (Å²) >= 11 is 0. The highest BCUT2D eigenvalue weighted by Gasteiger charge is 2.21. The quantitative estimate of drug-likeness (QED) is 0.172. The zero-order chi connectivity index (χ0) is 34.9. The molecule has 3 nitrogen and oxygen atoms in total. The number of nitrogens with zero attached hydrogens (tertiary/aromatic N) is 3. The van der Waals surface area contributed by atoms with E-state index in [2.05, 4.69) is 214 Å². The molecule has 0 atom stereocenters. The van der Waals surface area contributed by atoms with Crippen LogP contribution in [0.15, 0.2) is 200 Å². The van der Waals surface area contributed by atoms with Gasteiger partial charge in [-0.05, 0) is 71.3 Å². The van der Waals surface area contributed by atoms with Gasteiger partial charge in [-0.15, -0.1) is 0 Å². The van der Waals surface area contributed by atoms with E-state index >= 15 is 0 Å². The molecular weight excluding hydrogens is 643 g/mol. The molecule has 0 aliphatic carbocycles. The van der Waals surface area contributed by atoms with Gasteiger partial charge in [0.05, 0.1) is 27.6 Å². The highest BCUT2D eigenvalue weighted by molar-refractivity contribution is 6.20. The van der Waals surface area contributed by atoms with E-state index in [1.54, 1.807) is 0 Å². The highest BCUT2D eigenvalue weighted by Crippen LogP contribution is 2.42. The molecule has 0 saturated heterocycles. The van der Waals surface area contributed by atoms with Gasteiger partial charge in [0.25, 0.3) is 0 Å². The molecule has 0 saturated carbocycles. The number of para-hydroxylation sites is 3. The molecule has 3 heterocycles. The van der Waals surface area contributed by atoms with Gasteiger partial charge in [-0.1, -0.05) is 140 Å². The minimum Gasteiger partial charge on any atom is -0.314 e. The third kappa shape index (κ3) is 4.54. The Bertz CT molecular complexity index is 3150. The zero-order valence-corrected chi connectivity index (χ0v) is 28.9. The number of rotatable bonds is 5. The van der Waals surface area contributed by atoms with E-state index < -0.39 is 0 Å². The van der Waals surface area contributed by atoms with Crippen molar-refractivity contribution in [1.82, 2.24) is 13.7 Å². The van der Waals surface area contributed by atoms with Crippen LogP contribution >= 0.6 is 0 Å². The minimum absolute atomic E-state index is 1.12. The summed E-state index contributed by atoms with van der Waals surface area (Å²) in [6.07, 6.45) is 2.31. The van der Waals surface area contributed by atoms with E-state index in [4.69, 9.17) is 0 Å². The van der Waals surface area contributed by atoms with Gasteiger partial charge in [0.2, 0.25) is 0 Å². The van der Waals surface area contributed by atoms with Crippen molar-refractivity contribution in [3.8, 4) is 39.3 Å². The van der Waals surface area contributed by atoms with Gasteiger partial charge in [-0.25, -0.2) is 0 Å². The first-order valence-electron chi connectivity index (χ1n) is 18.2. The highest BCUT2D eigenvalue weighted by atomic mass is 15.0. The number of aromatic nitrogens is 3. The lowest BCUT2D eigenvalue weighted by Gasteiger charge is -2.14. The van der Waals surface area contributed by atoms with E-state index in [-0.39, 0.29) is 0 Å². The van der Waals surface area contributed by atoms with E-state index in [9.17, 15) is 0 Å². The van der Waals surface area contributed by atoms with Crippen molar-refractivity contribution in [3.63, 3.8) is 0 Å². The molecule has 248 valence electrons. The SMILES string of the molecule is c1ccc(-c2ccc3c(c2)c2ccccc2n3-c2cccc(-n3c4ccccc4c4ccc5c(-c6ccccc6)cn(-c6ccccc6)c5c43)c2)cc1. The fourth-order valence-electron chi connectivity index (χ4n) is 8.51. The Kier molecular flexibility index (Phi) is 6.55. The van der Waals surface area contributed by atoms with Gasteiger partial charge in [-0.2, -0.15) is 0 Å². The molecule has 0 radical (unpaired) electrons. The molecule has 0 spiro atoms. The van der Waals surface area contributed by atoms with Gasteiger partial charge >= 0.3 is 0 Å². The Balaban J connectivity index is 1.20. The summed E-state index contributed by atoms with van der Waals surface area (Å²) < 4.78 is 7.29. The molecule has 0 bridgehead atoms. The van der Waals surface area contributed by atoms with Crippen molar-refractivity contribution in [3.05, 3.63) is 200 Å². The van der Waals surface area contributed by atoms with Gasteiger partial charge < -0.3 is 13.7 Å². The van der Waals surface area contributed by atoms with Crippen molar-refractivity contribution in [1.29, 1.82) is 0 Å². The van der Waals surface area contributed by atoms with Crippen molar-refractivity contribution >= 4 is 54.5 Å². The molecule has 0 aliphatic rings. The maximum atomic E-state index is 2.48. The predicted molar refractivity (Wildman–Crippen MR) is 223 cm³/mol. The van der Waals surface area contributed by atoms with Crippen molar-refractivity contribution < 1.29 is 0 Å². The molecule has 3 aromatic heterocycles. The van der Waals surface area contributed by atoms with Crippen LogP contribution < -0.4 is 0 Å². The maximum absolute atomic E-state index is 2.48. The van der Waals surface area contributed by atoms with Crippen LogP contribution in [0, 0.1) is 0 Å². The average molecular weight is 676 g/mol. The third-order valence-corrected chi connectivity index (χ3v) is 10.8. The van der Waals surface area contributed by atoms with Crippen molar-refractivity contribution in [2.24, 2.45) is 0 Å². The molecule has 53 heavy (non-hydrogen) atoms. The summed E-state index contributed by atoms with van der Waals surface area (Å²) in [6, 6.07) is 70.3. The molecule has 11 aromatic rings. The van der Waals surface area contributed by atoms with Crippen LogP contribution in [-0.4, -0.2) is 13.7 Å². The van der Waals surface area contributed by atoms with Gasteiger partial charge in [0.1, 0.15) is 0 Å². The Morgan fingerprint density at radius 1 is 0.283 bits per heavy atom.